The first kappa shape index (κ1) is 17.8. The molecule has 0 spiro atoms. The smallest absolute Gasteiger partial charge is 0.258 e. The fraction of sp³-hybridized carbons (Fsp3) is 0.240. The molecule has 4 nitrogen and oxygen atoms in total. The van der Waals surface area contributed by atoms with Gasteiger partial charge in [0.2, 0.25) is 0 Å². The summed E-state index contributed by atoms with van der Waals surface area (Å²) in [4.78, 5) is 15.2. The van der Waals surface area contributed by atoms with Gasteiger partial charge in [0.15, 0.2) is 0 Å². The van der Waals surface area contributed by atoms with Gasteiger partial charge < -0.3 is 14.8 Å². The molecular formula is C25H25N3O. The topological polar surface area (TPSA) is 37.3 Å². The Kier molecular flexibility index (Phi) is 4.09. The van der Waals surface area contributed by atoms with Crippen molar-refractivity contribution in [3.05, 3.63) is 77.9 Å². The Morgan fingerprint density at radius 3 is 2.45 bits per heavy atom. The molecule has 0 fully saturated rings. The molecule has 5 rings (SSSR count). The average molecular weight is 383 g/mol. The van der Waals surface area contributed by atoms with Crippen molar-refractivity contribution in [2.75, 3.05) is 5.32 Å². The summed E-state index contributed by atoms with van der Waals surface area (Å²) in [5, 5.41) is 6.09. The van der Waals surface area contributed by atoms with Crippen LogP contribution in [0, 0.1) is 0 Å². The highest BCUT2D eigenvalue weighted by atomic mass is 16.2. The zero-order valence-corrected chi connectivity index (χ0v) is 17.0. The van der Waals surface area contributed by atoms with E-state index in [4.69, 9.17) is 0 Å². The molecule has 1 atom stereocenters. The molecule has 4 heteroatoms. The Bertz CT molecular complexity index is 1240. The largest absolute Gasteiger partial charge is 0.361 e. The maximum absolute atomic E-state index is 13.3. The number of hydrogen-bond acceptors (Lipinski definition) is 2. The van der Waals surface area contributed by atoms with E-state index in [9.17, 15) is 4.79 Å². The summed E-state index contributed by atoms with van der Waals surface area (Å²) >= 11 is 0. The maximum atomic E-state index is 13.3. The fourth-order valence-electron chi connectivity index (χ4n) is 4.63. The molecule has 0 saturated heterocycles. The minimum Gasteiger partial charge on any atom is -0.361 e. The van der Waals surface area contributed by atoms with Gasteiger partial charge in [-0.2, -0.15) is 0 Å². The predicted octanol–water partition coefficient (Wildman–Crippen LogP) is 5.79. The van der Waals surface area contributed by atoms with Gasteiger partial charge in [-0.3, -0.25) is 4.79 Å². The minimum atomic E-state index is -0.189. The van der Waals surface area contributed by atoms with E-state index >= 15 is 0 Å². The summed E-state index contributed by atoms with van der Waals surface area (Å²) in [5.41, 5.74) is 5.22. The van der Waals surface area contributed by atoms with Gasteiger partial charge in [-0.25, -0.2) is 0 Å². The Hall–Kier alpha value is -3.27. The average Bonchev–Trinajstić information content (AvgIpc) is 3.06. The molecule has 1 aliphatic heterocycles. The van der Waals surface area contributed by atoms with E-state index < -0.39 is 0 Å². The molecule has 3 aromatic carbocycles. The second kappa shape index (κ2) is 6.66. The van der Waals surface area contributed by atoms with Crippen molar-refractivity contribution in [3.63, 3.8) is 0 Å². The van der Waals surface area contributed by atoms with Crippen LogP contribution in [0.2, 0.25) is 0 Å². The molecule has 1 amide bonds. The van der Waals surface area contributed by atoms with Crippen molar-refractivity contribution in [1.82, 2.24) is 9.47 Å². The second-order valence-electron chi connectivity index (χ2n) is 7.94. The normalized spacial score (nSPS) is 16.5. The summed E-state index contributed by atoms with van der Waals surface area (Å²) in [5.74, 6) is 0.0791. The van der Waals surface area contributed by atoms with Gasteiger partial charge >= 0.3 is 0 Å². The van der Waals surface area contributed by atoms with Crippen LogP contribution in [0.15, 0.2) is 66.7 Å². The van der Waals surface area contributed by atoms with E-state index in [2.05, 4.69) is 73.1 Å². The summed E-state index contributed by atoms with van der Waals surface area (Å²) in [6.45, 7) is 7.25. The molecule has 1 aromatic heterocycles. The molecule has 2 heterocycles. The lowest BCUT2D eigenvalue weighted by Gasteiger charge is -2.40. The van der Waals surface area contributed by atoms with Crippen LogP contribution in [0.3, 0.4) is 0 Å². The summed E-state index contributed by atoms with van der Waals surface area (Å²) in [7, 11) is 0. The standard InChI is InChI=1S/C25H25N3O/c1-4-27-22-12-8-6-9-18(22)20-15-17(13-14-23(20)27)24-26-21-11-7-5-10-19(21)25(29)28(24)16(2)3/h5-16,24,26H,4H2,1-3H3. The van der Waals surface area contributed by atoms with Crippen molar-refractivity contribution >= 4 is 33.4 Å². The van der Waals surface area contributed by atoms with Crippen molar-refractivity contribution in [1.29, 1.82) is 0 Å². The van der Waals surface area contributed by atoms with Crippen molar-refractivity contribution in [2.45, 2.75) is 39.5 Å². The molecule has 4 aromatic rings. The first-order chi connectivity index (χ1) is 14.1. The maximum Gasteiger partial charge on any atom is 0.258 e. The fourth-order valence-corrected chi connectivity index (χ4v) is 4.63. The van der Waals surface area contributed by atoms with Crippen molar-refractivity contribution in [2.24, 2.45) is 0 Å². The van der Waals surface area contributed by atoms with E-state index in [-0.39, 0.29) is 18.1 Å². The summed E-state index contributed by atoms with van der Waals surface area (Å²) in [6.07, 6.45) is -0.189. The molecule has 29 heavy (non-hydrogen) atoms. The number of aromatic nitrogens is 1. The number of carbonyl (C=O) groups is 1. The number of benzene rings is 3. The van der Waals surface area contributed by atoms with Crippen molar-refractivity contribution < 1.29 is 4.79 Å². The quantitative estimate of drug-likeness (QED) is 0.486. The lowest BCUT2D eigenvalue weighted by molar-refractivity contribution is 0.0617. The number of carbonyl (C=O) groups excluding carboxylic acids is 1. The number of nitrogens with one attached hydrogen (secondary N) is 1. The van der Waals surface area contributed by atoms with Crippen LogP contribution in [-0.4, -0.2) is 21.4 Å². The third-order valence-corrected chi connectivity index (χ3v) is 5.95. The molecular weight excluding hydrogens is 358 g/mol. The third-order valence-electron chi connectivity index (χ3n) is 5.95. The number of nitrogens with zero attached hydrogens (tertiary/aromatic N) is 2. The van der Waals surface area contributed by atoms with Crippen molar-refractivity contribution in [3.8, 4) is 0 Å². The SMILES string of the molecule is CCn1c2ccccc2c2cc(C3Nc4ccccc4C(=O)N3C(C)C)ccc21. The van der Waals surface area contributed by atoms with Gasteiger partial charge in [-0.05, 0) is 56.7 Å². The van der Waals surface area contributed by atoms with E-state index in [1.807, 2.05) is 29.2 Å². The first-order valence-electron chi connectivity index (χ1n) is 10.3. The highest BCUT2D eigenvalue weighted by Crippen LogP contribution is 2.37. The number of fused-ring (bicyclic) bond motifs is 4. The summed E-state index contributed by atoms with van der Waals surface area (Å²) in [6, 6.07) is 23.0. The Labute approximate surface area is 170 Å². The highest BCUT2D eigenvalue weighted by molar-refractivity contribution is 6.08. The molecule has 1 aliphatic rings. The summed E-state index contributed by atoms with van der Waals surface area (Å²) < 4.78 is 2.35. The zero-order chi connectivity index (χ0) is 20.1. The molecule has 0 aliphatic carbocycles. The molecule has 1 N–H and O–H groups in total. The van der Waals surface area contributed by atoms with E-state index in [0.29, 0.717) is 0 Å². The molecule has 1 unspecified atom stereocenters. The third kappa shape index (κ3) is 2.63. The van der Waals surface area contributed by atoms with Gasteiger partial charge in [-0.15, -0.1) is 0 Å². The van der Waals surface area contributed by atoms with Gasteiger partial charge in [0, 0.05) is 40.1 Å². The van der Waals surface area contributed by atoms with Crippen LogP contribution in [0.5, 0.6) is 0 Å². The Morgan fingerprint density at radius 1 is 0.931 bits per heavy atom. The number of rotatable bonds is 3. The molecule has 0 saturated carbocycles. The van der Waals surface area contributed by atoms with Gasteiger partial charge in [0.25, 0.3) is 5.91 Å². The van der Waals surface area contributed by atoms with Gasteiger partial charge in [-0.1, -0.05) is 36.4 Å². The lowest BCUT2D eigenvalue weighted by Crippen LogP contribution is -2.46. The minimum absolute atomic E-state index is 0.0791. The monoisotopic (exact) mass is 383 g/mol. The van der Waals surface area contributed by atoms with Crippen LogP contribution >= 0.6 is 0 Å². The molecule has 0 radical (unpaired) electrons. The molecule has 0 bridgehead atoms. The molecule has 146 valence electrons. The zero-order valence-electron chi connectivity index (χ0n) is 17.0. The second-order valence-corrected chi connectivity index (χ2v) is 7.94. The number of hydrogen-bond donors (Lipinski definition) is 1. The van der Waals surface area contributed by atoms with E-state index in [1.54, 1.807) is 0 Å². The number of para-hydroxylation sites is 2. The Morgan fingerprint density at radius 2 is 1.66 bits per heavy atom. The lowest BCUT2D eigenvalue weighted by atomic mass is 10.0. The predicted molar refractivity (Wildman–Crippen MR) is 119 cm³/mol. The van der Waals surface area contributed by atoms with E-state index in [1.165, 1.54) is 21.8 Å². The van der Waals surface area contributed by atoms with Crippen LogP contribution in [-0.2, 0) is 6.54 Å². The van der Waals surface area contributed by atoms with Crippen LogP contribution in [0.25, 0.3) is 21.8 Å². The first-order valence-corrected chi connectivity index (χ1v) is 10.3. The number of amides is 1. The number of aryl methyl sites for hydroxylation is 1. The van der Waals surface area contributed by atoms with Crippen LogP contribution in [0.4, 0.5) is 5.69 Å². The van der Waals surface area contributed by atoms with Crippen LogP contribution in [0.1, 0.15) is 42.9 Å². The van der Waals surface area contributed by atoms with Gasteiger partial charge in [0.05, 0.1) is 5.56 Å². The Balaban J connectivity index is 1.70. The van der Waals surface area contributed by atoms with Crippen LogP contribution < -0.4 is 5.32 Å². The highest BCUT2D eigenvalue weighted by Gasteiger charge is 2.34. The number of anilines is 1. The van der Waals surface area contributed by atoms with E-state index in [0.717, 1.165) is 23.4 Å². The van der Waals surface area contributed by atoms with Gasteiger partial charge in [0.1, 0.15) is 6.17 Å².